The van der Waals surface area contributed by atoms with Crippen molar-refractivity contribution in [2.24, 2.45) is 0 Å². The van der Waals surface area contributed by atoms with E-state index in [-0.39, 0.29) is 10.4 Å². The third-order valence-electron chi connectivity index (χ3n) is 3.88. The smallest absolute Gasteiger partial charge is 0.340 e. The number of anilines is 1. The molecule has 0 fully saturated rings. The van der Waals surface area contributed by atoms with Crippen LogP contribution in [0.15, 0.2) is 40.0 Å². The van der Waals surface area contributed by atoms with E-state index in [1.165, 1.54) is 12.1 Å². The standard InChI is InChI=1S/C16H17N3O3S/c1-9-4-5-15(11(3)6-9)23(21,22)19-14-8-12(17)10(2)7-13(14)18-16(19)20/h4-8H,17H2,1-3H3,(H,18,20). The van der Waals surface area contributed by atoms with Crippen LogP contribution < -0.4 is 11.4 Å². The summed E-state index contributed by atoms with van der Waals surface area (Å²) in [5.74, 6) is 0. The molecule has 0 saturated carbocycles. The van der Waals surface area contributed by atoms with Crippen LogP contribution in [-0.4, -0.2) is 17.4 Å². The van der Waals surface area contributed by atoms with Crippen LogP contribution in [0.5, 0.6) is 0 Å². The lowest BCUT2D eigenvalue weighted by Crippen LogP contribution is -2.25. The molecule has 0 aliphatic carbocycles. The minimum atomic E-state index is -4.01. The van der Waals surface area contributed by atoms with E-state index in [1.54, 1.807) is 32.0 Å². The summed E-state index contributed by atoms with van der Waals surface area (Å²) in [6.07, 6.45) is 0. The minimum absolute atomic E-state index is 0.102. The van der Waals surface area contributed by atoms with Crippen LogP contribution in [0.25, 0.3) is 11.0 Å². The van der Waals surface area contributed by atoms with Crippen LogP contribution in [0.3, 0.4) is 0 Å². The number of rotatable bonds is 2. The number of H-pyrrole nitrogens is 1. The fourth-order valence-electron chi connectivity index (χ4n) is 2.68. The quantitative estimate of drug-likeness (QED) is 0.702. The van der Waals surface area contributed by atoms with Crippen LogP contribution >= 0.6 is 0 Å². The van der Waals surface area contributed by atoms with Crippen molar-refractivity contribution < 1.29 is 8.42 Å². The molecule has 3 N–H and O–H groups in total. The van der Waals surface area contributed by atoms with Gasteiger partial charge in [-0.05, 0) is 50.1 Å². The average molecular weight is 331 g/mol. The molecule has 0 spiro atoms. The first-order chi connectivity index (χ1) is 10.7. The molecule has 0 atom stereocenters. The molecule has 3 rings (SSSR count). The number of nitrogen functional groups attached to an aromatic ring is 1. The highest BCUT2D eigenvalue weighted by atomic mass is 32.2. The van der Waals surface area contributed by atoms with Gasteiger partial charge >= 0.3 is 5.69 Å². The maximum absolute atomic E-state index is 13.0. The number of benzene rings is 2. The Kier molecular flexibility index (Phi) is 3.33. The summed E-state index contributed by atoms with van der Waals surface area (Å²) in [4.78, 5) is 14.9. The number of nitrogens with zero attached hydrogens (tertiary/aromatic N) is 1. The maximum Gasteiger partial charge on any atom is 0.340 e. The van der Waals surface area contributed by atoms with E-state index in [0.717, 1.165) is 15.1 Å². The zero-order valence-electron chi connectivity index (χ0n) is 13.0. The van der Waals surface area contributed by atoms with Gasteiger partial charge in [-0.15, -0.1) is 0 Å². The summed E-state index contributed by atoms with van der Waals surface area (Å²) in [6.45, 7) is 5.38. The number of aromatic nitrogens is 2. The van der Waals surface area contributed by atoms with Gasteiger partial charge in [-0.2, -0.15) is 3.97 Å². The minimum Gasteiger partial charge on any atom is -0.398 e. The summed E-state index contributed by atoms with van der Waals surface area (Å²) >= 11 is 0. The number of nitrogens with one attached hydrogen (secondary N) is 1. The van der Waals surface area contributed by atoms with E-state index in [4.69, 9.17) is 5.73 Å². The van der Waals surface area contributed by atoms with Gasteiger partial charge in [0.25, 0.3) is 10.0 Å². The van der Waals surface area contributed by atoms with Gasteiger partial charge in [-0.1, -0.05) is 17.7 Å². The van der Waals surface area contributed by atoms with Crippen LogP contribution in [0, 0.1) is 20.8 Å². The molecule has 0 aliphatic rings. The monoisotopic (exact) mass is 331 g/mol. The van der Waals surface area contributed by atoms with Gasteiger partial charge in [0.2, 0.25) is 0 Å². The second-order valence-electron chi connectivity index (χ2n) is 5.69. The average Bonchev–Trinajstić information content (AvgIpc) is 2.74. The van der Waals surface area contributed by atoms with Crippen molar-refractivity contribution in [1.29, 1.82) is 0 Å². The first-order valence-corrected chi connectivity index (χ1v) is 8.49. The van der Waals surface area contributed by atoms with Crippen molar-refractivity contribution in [3.8, 4) is 0 Å². The van der Waals surface area contributed by atoms with E-state index in [9.17, 15) is 13.2 Å². The van der Waals surface area contributed by atoms with Gasteiger partial charge < -0.3 is 10.7 Å². The number of hydrogen-bond donors (Lipinski definition) is 2. The van der Waals surface area contributed by atoms with E-state index >= 15 is 0 Å². The van der Waals surface area contributed by atoms with E-state index in [2.05, 4.69) is 4.98 Å². The highest BCUT2D eigenvalue weighted by molar-refractivity contribution is 7.90. The molecule has 3 aromatic rings. The molecule has 0 bridgehead atoms. The molecule has 0 aliphatic heterocycles. The summed E-state index contributed by atoms with van der Waals surface area (Å²) < 4.78 is 26.7. The lowest BCUT2D eigenvalue weighted by Gasteiger charge is -2.10. The fourth-order valence-corrected chi connectivity index (χ4v) is 4.26. The third kappa shape index (κ3) is 2.33. The van der Waals surface area contributed by atoms with Gasteiger partial charge in [-0.25, -0.2) is 13.2 Å². The molecule has 2 aromatic carbocycles. The molecule has 6 nitrogen and oxygen atoms in total. The topological polar surface area (TPSA) is 98.0 Å². The molecular formula is C16H17N3O3S. The first-order valence-electron chi connectivity index (χ1n) is 7.05. The van der Waals surface area contributed by atoms with Crippen molar-refractivity contribution in [1.82, 2.24) is 8.96 Å². The molecule has 0 radical (unpaired) electrons. The third-order valence-corrected chi connectivity index (χ3v) is 5.74. The van der Waals surface area contributed by atoms with E-state index < -0.39 is 15.7 Å². The number of fused-ring (bicyclic) bond motifs is 1. The molecule has 0 amide bonds. The fraction of sp³-hybridized carbons (Fsp3) is 0.188. The molecule has 1 heterocycles. The molecule has 1 aromatic heterocycles. The second-order valence-corrected chi connectivity index (χ2v) is 7.45. The highest BCUT2D eigenvalue weighted by Gasteiger charge is 2.24. The second kappa shape index (κ2) is 4.99. The van der Waals surface area contributed by atoms with Crippen LogP contribution in [0.4, 0.5) is 5.69 Å². The van der Waals surface area contributed by atoms with Crippen molar-refractivity contribution in [2.75, 3.05) is 5.73 Å². The van der Waals surface area contributed by atoms with E-state index in [0.29, 0.717) is 16.8 Å². The number of imidazole rings is 1. The van der Waals surface area contributed by atoms with Crippen LogP contribution in [0.2, 0.25) is 0 Å². The Bertz CT molecular complexity index is 1090. The van der Waals surface area contributed by atoms with Gasteiger partial charge in [0.1, 0.15) is 0 Å². The molecule has 120 valence electrons. The molecular weight excluding hydrogens is 314 g/mol. The molecule has 7 heteroatoms. The Morgan fingerprint density at radius 3 is 2.39 bits per heavy atom. The zero-order chi connectivity index (χ0) is 16.9. The van der Waals surface area contributed by atoms with E-state index in [1.807, 2.05) is 6.92 Å². The Balaban J connectivity index is 2.37. The van der Waals surface area contributed by atoms with Crippen molar-refractivity contribution in [3.63, 3.8) is 0 Å². The predicted molar refractivity (Wildman–Crippen MR) is 90.2 cm³/mol. The van der Waals surface area contributed by atoms with Gasteiger partial charge in [0.05, 0.1) is 15.9 Å². The zero-order valence-corrected chi connectivity index (χ0v) is 13.9. The van der Waals surface area contributed by atoms with Gasteiger partial charge in [0.15, 0.2) is 0 Å². The Morgan fingerprint density at radius 2 is 1.74 bits per heavy atom. The predicted octanol–water partition coefficient (Wildman–Crippen LogP) is 2.07. The molecule has 23 heavy (non-hydrogen) atoms. The number of aryl methyl sites for hydroxylation is 3. The summed E-state index contributed by atoms with van der Waals surface area (Å²) in [6, 6.07) is 8.16. The van der Waals surface area contributed by atoms with Crippen LogP contribution in [0.1, 0.15) is 16.7 Å². The van der Waals surface area contributed by atoms with Gasteiger partial charge in [0, 0.05) is 5.69 Å². The normalized spacial score (nSPS) is 12.0. The lowest BCUT2D eigenvalue weighted by molar-refractivity contribution is 0.586. The molecule has 0 unspecified atom stereocenters. The molecule has 0 saturated heterocycles. The number of aromatic amines is 1. The van der Waals surface area contributed by atoms with Gasteiger partial charge in [-0.3, -0.25) is 0 Å². The summed E-state index contributed by atoms with van der Waals surface area (Å²) in [5, 5.41) is 0. The Labute approximate surface area is 133 Å². The summed E-state index contributed by atoms with van der Waals surface area (Å²) in [5.41, 5.74) is 8.60. The lowest BCUT2D eigenvalue weighted by atomic mass is 10.2. The number of hydrogen-bond acceptors (Lipinski definition) is 4. The first kappa shape index (κ1) is 15.4. The summed E-state index contributed by atoms with van der Waals surface area (Å²) in [7, 11) is -4.01. The Morgan fingerprint density at radius 1 is 1.04 bits per heavy atom. The van der Waals surface area contributed by atoms with Crippen molar-refractivity contribution >= 4 is 26.7 Å². The van der Waals surface area contributed by atoms with Crippen molar-refractivity contribution in [2.45, 2.75) is 25.7 Å². The van der Waals surface area contributed by atoms with Crippen molar-refractivity contribution in [3.05, 3.63) is 57.5 Å². The van der Waals surface area contributed by atoms with Crippen LogP contribution in [-0.2, 0) is 10.0 Å². The number of nitrogens with two attached hydrogens (primary N) is 1. The Hall–Kier alpha value is -2.54. The SMILES string of the molecule is Cc1ccc(S(=O)(=O)n2c(=O)[nH]c3cc(C)c(N)cc32)c(C)c1. The highest BCUT2D eigenvalue weighted by Crippen LogP contribution is 2.24. The maximum atomic E-state index is 13.0. The largest absolute Gasteiger partial charge is 0.398 e.